The summed E-state index contributed by atoms with van der Waals surface area (Å²) in [5, 5.41) is 0.106. The predicted molar refractivity (Wildman–Crippen MR) is 111 cm³/mol. The van der Waals surface area contributed by atoms with Gasteiger partial charge in [0.2, 0.25) is 0 Å². The van der Waals surface area contributed by atoms with E-state index in [0.29, 0.717) is 0 Å². The van der Waals surface area contributed by atoms with Crippen LogP contribution in [0.15, 0.2) is 63.2 Å². The second-order valence-electron chi connectivity index (χ2n) is 5.52. The smallest absolute Gasteiger partial charge is 0.295 e. The molecule has 0 aliphatic heterocycles. The number of benzene rings is 3. The van der Waals surface area contributed by atoms with Gasteiger partial charge in [-0.2, -0.15) is 8.42 Å². The quantitative estimate of drug-likeness (QED) is 0.152. The van der Waals surface area contributed by atoms with Gasteiger partial charge in [0.25, 0.3) is 10.1 Å². The molecule has 0 spiro atoms. The van der Waals surface area contributed by atoms with Gasteiger partial charge in [-0.3, -0.25) is 4.55 Å². The first kappa shape index (κ1) is 21.9. The average Bonchev–Trinajstić information content (AvgIpc) is 2.62. The summed E-state index contributed by atoms with van der Waals surface area (Å²) in [6, 6.07) is 12.0. The lowest BCUT2D eigenvalue weighted by Gasteiger charge is -2.10. The normalized spacial score (nSPS) is 12.2. The van der Waals surface area contributed by atoms with Crippen LogP contribution in [-0.4, -0.2) is 26.3 Å². The van der Waals surface area contributed by atoms with Crippen molar-refractivity contribution in [2.24, 2.45) is 0 Å². The van der Waals surface area contributed by atoms with Crippen molar-refractivity contribution in [1.82, 2.24) is 0 Å². The van der Waals surface area contributed by atoms with Crippen LogP contribution in [0.5, 0.6) is 0 Å². The molecule has 3 rings (SSSR count). The van der Waals surface area contributed by atoms with Gasteiger partial charge in [0.1, 0.15) is 4.90 Å². The molecule has 0 bridgehead atoms. The Labute approximate surface area is 167 Å². The predicted octanol–water partition coefficient (Wildman–Crippen LogP) is 2.67. The standard InChI is InChI=1S/C10H9NO6S3.C6H8N2/c11-5-1-7-8(10(2-5)20(15,16)17)3-6(18-12)4-9(7)19(13)14;7-5-1-2-6(8)4-3-5/h1-4,12H,11H2,(H,13,14)(H,15,16,17);1-4H,7-8H2. The van der Waals surface area contributed by atoms with Crippen molar-refractivity contribution in [2.45, 2.75) is 14.7 Å². The molecule has 0 heterocycles. The van der Waals surface area contributed by atoms with E-state index in [9.17, 15) is 21.7 Å². The first-order valence-corrected chi connectivity index (χ1v) is 10.7. The fraction of sp³-hybridized carbons (Fsp3) is 0. The summed E-state index contributed by atoms with van der Waals surface area (Å²) in [5.41, 5.74) is 17.8. The highest BCUT2D eigenvalue weighted by Gasteiger charge is 2.19. The molecule has 9 nitrogen and oxygen atoms in total. The van der Waals surface area contributed by atoms with Gasteiger partial charge in [-0.05, 0) is 48.5 Å². The van der Waals surface area contributed by atoms with Crippen LogP contribution in [0, 0.1) is 0 Å². The maximum atomic E-state index is 11.4. The van der Waals surface area contributed by atoms with E-state index in [2.05, 4.69) is 0 Å². The molecular formula is C16H17N3O6S3. The van der Waals surface area contributed by atoms with Crippen LogP contribution >= 0.6 is 12.0 Å². The summed E-state index contributed by atoms with van der Waals surface area (Å²) in [7, 11) is -4.57. The molecule has 3 aromatic rings. The van der Waals surface area contributed by atoms with E-state index in [1.165, 1.54) is 18.2 Å². The SMILES string of the molecule is Nc1cc(S(=O)(=O)O)c2cc(SO)cc(S(=O)O)c2c1.Nc1ccc(N)cc1. The molecule has 0 amide bonds. The highest BCUT2D eigenvalue weighted by Crippen LogP contribution is 2.33. The molecule has 12 heteroatoms. The minimum absolute atomic E-state index is 0.00171. The molecule has 0 aromatic heterocycles. The summed E-state index contributed by atoms with van der Waals surface area (Å²) >= 11 is -2.13. The summed E-state index contributed by atoms with van der Waals surface area (Å²) in [4.78, 5) is -0.448. The van der Waals surface area contributed by atoms with Gasteiger partial charge >= 0.3 is 0 Å². The molecule has 0 saturated carbocycles. The van der Waals surface area contributed by atoms with Crippen LogP contribution in [0.2, 0.25) is 0 Å². The van der Waals surface area contributed by atoms with Crippen molar-refractivity contribution >= 4 is 61.1 Å². The molecule has 0 aliphatic rings. The van der Waals surface area contributed by atoms with E-state index < -0.39 is 26.1 Å². The van der Waals surface area contributed by atoms with E-state index in [1.54, 1.807) is 24.3 Å². The Balaban J connectivity index is 0.000000292. The molecule has 1 atom stereocenters. The second-order valence-corrected chi connectivity index (χ2v) is 8.50. The first-order chi connectivity index (χ1) is 13.0. The molecule has 0 fully saturated rings. The summed E-state index contributed by atoms with van der Waals surface area (Å²) in [6.07, 6.45) is 0. The number of nitrogen functional groups attached to an aromatic ring is 3. The maximum absolute atomic E-state index is 11.4. The Hall–Kier alpha value is -2.35. The average molecular weight is 444 g/mol. The Bertz CT molecular complexity index is 1110. The van der Waals surface area contributed by atoms with Crippen LogP contribution in [0.25, 0.3) is 10.8 Å². The van der Waals surface area contributed by atoms with Gasteiger partial charge in [-0.25, -0.2) is 4.21 Å². The van der Waals surface area contributed by atoms with Crippen molar-refractivity contribution in [1.29, 1.82) is 0 Å². The number of fused-ring (bicyclic) bond motifs is 1. The van der Waals surface area contributed by atoms with E-state index in [1.807, 2.05) is 0 Å². The zero-order chi connectivity index (χ0) is 21.1. The number of hydrogen-bond acceptors (Lipinski definition) is 8. The molecule has 0 aliphatic carbocycles. The Morgan fingerprint density at radius 2 is 1.39 bits per heavy atom. The lowest BCUT2D eigenvalue weighted by Crippen LogP contribution is -2.02. The summed E-state index contributed by atoms with van der Waals surface area (Å²) < 4.78 is 61.6. The Morgan fingerprint density at radius 1 is 0.857 bits per heavy atom. The van der Waals surface area contributed by atoms with Crippen LogP contribution in [0.1, 0.15) is 0 Å². The fourth-order valence-electron chi connectivity index (χ4n) is 2.30. The number of nitrogens with two attached hydrogens (primary N) is 3. The molecule has 28 heavy (non-hydrogen) atoms. The fourth-order valence-corrected chi connectivity index (χ4v) is 4.03. The minimum atomic E-state index is -4.57. The van der Waals surface area contributed by atoms with Crippen molar-refractivity contribution < 1.29 is 26.3 Å². The third-order valence-electron chi connectivity index (χ3n) is 3.50. The van der Waals surface area contributed by atoms with E-state index in [0.717, 1.165) is 17.4 Å². The zero-order valence-corrected chi connectivity index (χ0v) is 16.6. The third-order valence-corrected chi connectivity index (χ3v) is 5.55. The highest BCUT2D eigenvalue weighted by atomic mass is 32.2. The topological polar surface area (TPSA) is 190 Å². The van der Waals surface area contributed by atoms with Gasteiger partial charge in [0, 0.05) is 44.8 Å². The Kier molecular flexibility index (Phi) is 6.87. The van der Waals surface area contributed by atoms with Crippen molar-refractivity contribution in [3.05, 3.63) is 48.5 Å². The van der Waals surface area contributed by atoms with Gasteiger partial charge in [0.15, 0.2) is 11.1 Å². The molecule has 150 valence electrons. The highest BCUT2D eigenvalue weighted by molar-refractivity contribution is 7.93. The van der Waals surface area contributed by atoms with Gasteiger partial charge in [0.05, 0.1) is 4.90 Å². The monoisotopic (exact) mass is 443 g/mol. The van der Waals surface area contributed by atoms with Crippen molar-refractivity contribution in [3.63, 3.8) is 0 Å². The lowest BCUT2D eigenvalue weighted by molar-refractivity contribution is 0.484. The second kappa shape index (κ2) is 8.77. The number of anilines is 3. The zero-order valence-electron chi connectivity index (χ0n) is 14.1. The van der Waals surface area contributed by atoms with Crippen LogP contribution < -0.4 is 17.2 Å². The number of hydrogen-bond donors (Lipinski definition) is 6. The van der Waals surface area contributed by atoms with Gasteiger partial charge in [-0.15, -0.1) is 0 Å². The Morgan fingerprint density at radius 3 is 1.82 bits per heavy atom. The van der Waals surface area contributed by atoms with Crippen molar-refractivity contribution in [2.75, 3.05) is 17.2 Å². The molecule has 9 N–H and O–H groups in total. The van der Waals surface area contributed by atoms with Crippen molar-refractivity contribution in [3.8, 4) is 0 Å². The van der Waals surface area contributed by atoms with Crippen LogP contribution in [-0.2, 0) is 21.2 Å². The third kappa shape index (κ3) is 5.34. The van der Waals surface area contributed by atoms with Crippen LogP contribution in [0.3, 0.4) is 0 Å². The van der Waals surface area contributed by atoms with Gasteiger partial charge < -0.3 is 26.3 Å². The first-order valence-electron chi connectivity index (χ1n) is 7.41. The largest absolute Gasteiger partial charge is 0.399 e. The maximum Gasteiger partial charge on any atom is 0.295 e. The molecular weight excluding hydrogens is 426 g/mol. The summed E-state index contributed by atoms with van der Waals surface area (Å²) in [5.74, 6) is 0. The number of rotatable bonds is 3. The lowest BCUT2D eigenvalue weighted by atomic mass is 10.1. The van der Waals surface area contributed by atoms with E-state index in [4.69, 9.17) is 21.8 Å². The van der Waals surface area contributed by atoms with Crippen LogP contribution in [0.4, 0.5) is 17.1 Å². The molecule has 1 unspecified atom stereocenters. The summed E-state index contributed by atoms with van der Waals surface area (Å²) in [6.45, 7) is 0. The molecule has 3 aromatic carbocycles. The van der Waals surface area contributed by atoms with E-state index >= 15 is 0 Å². The molecule has 0 saturated heterocycles. The van der Waals surface area contributed by atoms with E-state index in [-0.39, 0.29) is 38.3 Å². The van der Waals surface area contributed by atoms with Gasteiger partial charge in [-0.1, -0.05) is 0 Å². The minimum Gasteiger partial charge on any atom is -0.399 e. The molecule has 0 radical (unpaired) electrons.